The van der Waals surface area contributed by atoms with Crippen LogP contribution in [0.1, 0.15) is 22.7 Å². The van der Waals surface area contributed by atoms with Crippen molar-refractivity contribution >= 4 is 17.7 Å². The zero-order chi connectivity index (χ0) is 15.2. The minimum atomic E-state index is -1.19. The van der Waals surface area contributed by atoms with E-state index < -0.39 is 5.97 Å². The molecule has 0 aliphatic rings. The molecule has 0 saturated carbocycles. The summed E-state index contributed by atoms with van der Waals surface area (Å²) in [5.74, 6) is -0.472. The quantitative estimate of drug-likeness (QED) is 0.828. The van der Waals surface area contributed by atoms with Gasteiger partial charge in [0.25, 0.3) is 0 Å². The lowest BCUT2D eigenvalue weighted by atomic mass is 10.3. The fourth-order valence-corrected chi connectivity index (χ4v) is 1.55. The molecule has 0 saturated heterocycles. The van der Waals surface area contributed by atoms with E-state index in [2.05, 4.69) is 15.5 Å². The zero-order valence-electron chi connectivity index (χ0n) is 11.2. The van der Waals surface area contributed by atoms with Crippen LogP contribution in [0.5, 0.6) is 5.75 Å². The highest BCUT2D eigenvalue weighted by Crippen LogP contribution is 2.15. The number of aromatic nitrogens is 2. The van der Waals surface area contributed by atoms with Gasteiger partial charge in [-0.1, -0.05) is 5.16 Å². The van der Waals surface area contributed by atoms with Crippen molar-refractivity contribution in [3.8, 4) is 5.75 Å². The standard InChI is InChI=1S/C13H13N3O5/c1-8-7-10(16-21-8)15-11(17)4-6-20-9-3-2-5-14-12(9)13(18)19/h2-3,5,7H,4,6H2,1H3,(H,18,19)(H,15,16,17). The molecule has 1 amide bonds. The second-order valence-electron chi connectivity index (χ2n) is 4.12. The van der Waals surface area contributed by atoms with Crippen LogP contribution in [0.3, 0.4) is 0 Å². The summed E-state index contributed by atoms with van der Waals surface area (Å²) in [5, 5.41) is 15.1. The lowest BCUT2D eigenvalue weighted by Crippen LogP contribution is -2.16. The summed E-state index contributed by atoms with van der Waals surface area (Å²) in [5.41, 5.74) is -0.190. The normalized spacial score (nSPS) is 10.1. The molecule has 0 aromatic carbocycles. The monoisotopic (exact) mass is 291 g/mol. The average molecular weight is 291 g/mol. The molecule has 21 heavy (non-hydrogen) atoms. The van der Waals surface area contributed by atoms with Crippen molar-refractivity contribution in [1.82, 2.24) is 10.1 Å². The molecule has 8 heteroatoms. The van der Waals surface area contributed by atoms with E-state index >= 15 is 0 Å². The van der Waals surface area contributed by atoms with E-state index in [1.54, 1.807) is 19.1 Å². The minimum Gasteiger partial charge on any atom is -0.490 e. The van der Waals surface area contributed by atoms with Gasteiger partial charge in [-0.2, -0.15) is 0 Å². The predicted molar refractivity (Wildman–Crippen MR) is 71.2 cm³/mol. The van der Waals surface area contributed by atoms with E-state index in [9.17, 15) is 9.59 Å². The van der Waals surface area contributed by atoms with Gasteiger partial charge in [-0.05, 0) is 19.1 Å². The number of carboxylic acids is 1. The molecule has 2 aromatic rings. The number of anilines is 1. The van der Waals surface area contributed by atoms with Gasteiger partial charge in [0.15, 0.2) is 17.3 Å². The molecule has 0 atom stereocenters. The average Bonchev–Trinajstić information content (AvgIpc) is 2.84. The van der Waals surface area contributed by atoms with E-state index in [0.29, 0.717) is 11.6 Å². The summed E-state index contributed by atoms with van der Waals surface area (Å²) >= 11 is 0. The Morgan fingerprint density at radius 2 is 2.29 bits per heavy atom. The van der Waals surface area contributed by atoms with Crippen LogP contribution in [0.15, 0.2) is 28.9 Å². The van der Waals surface area contributed by atoms with Crippen LogP contribution < -0.4 is 10.1 Å². The fraction of sp³-hybridized carbons (Fsp3) is 0.231. The highest BCUT2D eigenvalue weighted by Gasteiger charge is 2.13. The third-order valence-corrected chi connectivity index (χ3v) is 2.46. The minimum absolute atomic E-state index is 0.0225. The molecule has 110 valence electrons. The van der Waals surface area contributed by atoms with Crippen LogP contribution in [-0.2, 0) is 4.79 Å². The van der Waals surface area contributed by atoms with Gasteiger partial charge in [0, 0.05) is 12.3 Å². The van der Waals surface area contributed by atoms with Crippen molar-refractivity contribution in [3.63, 3.8) is 0 Å². The molecular weight excluding hydrogens is 278 g/mol. The van der Waals surface area contributed by atoms with Gasteiger partial charge in [-0.15, -0.1) is 0 Å². The van der Waals surface area contributed by atoms with Crippen LogP contribution in [0, 0.1) is 6.92 Å². The molecule has 0 bridgehead atoms. The Morgan fingerprint density at radius 1 is 1.48 bits per heavy atom. The van der Waals surface area contributed by atoms with Crippen LogP contribution >= 0.6 is 0 Å². The van der Waals surface area contributed by atoms with Crippen LogP contribution in [-0.4, -0.2) is 33.7 Å². The lowest BCUT2D eigenvalue weighted by molar-refractivity contribution is -0.116. The molecule has 2 rings (SSSR count). The molecule has 0 spiro atoms. The van der Waals surface area contributed by atoms with E-state index in [-0.39, 0.29) is 30.4 Å². The molecule has 2 aromatic heterocycles. The summed E-state index contributed by atoms with van der Waals surface area (Å²) in [4.78, 5) is 26.2. The number of hydrogen-bond donors (Lipinski definition) is 2. The first kappa shape index (κ1) is 14.5. The first-order chi connectivity index (χ1) is 10.1. The number of aromatic carboxylic acids is 1. The number of carbonyl (C=O) groups is 2. The summed E-state index contributed by atoms with van der Waals surface area (Å²) in [6.07, 6.45) is 1.40. The molecule has 0 aliphatic carbocycles. The van der Waals surface area contributed by atoms with Gasteiger partial charge in [0.05, 0.1) is 13.0 Å². The molecule has 0 unspecified atom stereocenters. The third-order valence-electron chi connectivity index (χ3n) is 2.46. The molecule has 2 N–H and O–H groups in total. The molecule has 0 fully saturated rings. The number of nitrogens with one attached hydrogen (secondary N) is 1. The lowest BCUT2D eigenvalue weighted by Gasteiger charge is -2.07. The van der Waals surface area contributed by atoms with Gasteiger partial charge in [0.2, 0.25) is 5.91 Å². The van der Waals surface area contributed by atoms with E-state index in [4.69, 9.17) is 14.4 Å². The Morgan fingerprint density at radius 3 is 2.95 bits per heavy atom. The molecule has 8 nitrogen and oxygen atoms in total. The van der Waals surface area contributed by atoms with E-state index in [0.717, 1.165) is 0 Å². The van der Waals surface area contributed by atoms with Gasteiger partial charge >= 0.3 is 5.97 Å². The summed E-state index contributed by atoms with van der Waals surface area (Å²) < 4.78 is 10.1. The maximum atomic E-state index is 11.6. The Balaban J connectivity index is 1.84. The predicted octanol–water partition coefficient (Wildman–Crippen LogP) is 1.48. The number of carbonyl (C=O) groups excluding carboxylic acids is 1. The first-order valence-corrected chi connectivity index (χ1v) is 6.10. The van der Waals surface area contributed by atoms with Crippen LogP contribution in [0.2, 0.25) is 0 Å². The van der Waals surface area contributed by atoms with E-state index in [1.807, 2.05) is 0 Å². The number of rotatable bonds is 6. The summed E-state index contributed by atoms with van der Waals surface area (Å²) in [6, 6.07) is 4.62. The SMILES string of the molecule is Cc1cc(NC(=O)CCOc2cccnc2C(=O)O)no1. The Hall–Kier alpha value is -2.90. The number of pyridine rings is 1. The van der Waals surface area contributed by atoms with Crippen molar-refractivity contribution in [2.24, 2.45) is 0 Å². The second kappa shape index (κ2) is 6.51. The molecule has 0 radical (unpaired) electrons. The van der Waals surface area contributed by atoms with Gasteiger partial charge in [0.1, 0.15) is 5.76 Å². The Bertz CT molecular complexity index is 653. The summed E-state index contributed by atoms with van der Waals surface area (Å²) in [6.45, 7) is 1.73. The topological polar surface area (TPSA) is 115 Å². The number of amides is 1. The van der Waals surface area contributed by atoms with Crippen LogP contribution in [0.25, 0.3) is 0 Å². The number of aryl methyl sites for hydroxylation is 1. The van der Waals surface area contributed by atoms with Gasteiger partial charge in [-0.3, -0.25) is 4.79 Å². The van der Waals surface area contributed by atoms with Crippen molar-refractivity contribution in [3.05, 3.63) is 35.9 Å². The number of hydrogen-bond acceptors (Lipinski definition) is 6. The molecule has 0 aliphatic heterocycles. The smallest absolute Gasteiger partial charge is 0.358 e. The Labute approximate surface area is 119 Å². The fourth-order valence-electron chi connectivity index (χ4n) is 1.55. The van der Waals surface area contributed by atoms with Gasteiger partial charge < -0.3 is 19.7 Å². The zero-order valence-corrected chi connectivity index (χ0v) is 11.2. The summed E-state index contributed by atoms with van der Waals surface area (Å²) in [7, 11) is 0. The van der Waals surface area contributed by atoms with Crippen molar-refractivity contribution in [2.45, 2.75) is 13.3 Å². The number of ether oxygens (including phenoxy) is 1. The van der Waals surface area contributed by atoms with Crippen molar-refractivity contribution in [2.75, 3.05) is 11.9 Å². The largest absolute Gasteiger partial charge is 0.490 e. The highest BCUT2D eigenvalue weighted by molar-refractivity contribution is 5.90. The van der Waals surface area contributed by atoms with Crippen molar-refractivity contribution in [1.29, 1.82) is 0 Å². The van der Waals surface area contributed by atoms with Crippen LogP contribution in [0.4, 0.5) is 5.82 Å². The second-order valence-corrected chi connectivity index (χ2v) is 4.12. The number of carboxylic acid groups (broad SMARTS) is 1. The maximum Gasteiger partial charge on any atom is 0.358 e. The molecule has 2 heterocycles. The Kier molecular flexibility index (Phi) is 4.50. The first-order valence-electron chi connectivity index (χ1n) is 6.10. The molecular formula is C13H13N3O5. The maximum absolute atomic E-state index is 11.6. The van der Waals surface area contributed by atoms with Gasteiger partial charge in [-0.25, -0.2) is 9.78 Å². The van der Waals surface area contributed by atoms with Crippen molar-refractivity contribution < 1.29 is 24.0 Å². The number of nitrogens with zero attached hydrogens (tertiary/aromatic N) is 2. The van der Waals surface area contributed by atoms with E-state index in [1.165, 1.54) is 12.3 Å². The highest BCUT2D eigenvalue weighted by atomic mass is 16.5. The third kappa shape index (κ3) is 4.03.